The molecule has 1 N–H and O–H groups in total. The van der Waals surface area contributed by atoms with Gasteiger partial charge in [0.2, 0.25) is 5.91 Å². The lowest BCUT2D eigenvalue weighted by Crippen LogP contribution is -2.15. The van der Waals surface area contributed by atoms with Crippen LogP contribution in [0.4, 0.5) is 5.69 Å². The van der Waals surface area contributed by atoms with E-state index in [1.807, 2.05) is 13.8 Å². The van der Waals surface area contributed by atoms with Crippen LogP contribution < -0.4 is 5.32 Å². The molecule has 1 heterocycles. The van der Waals surface area contributed by atoms with E-state index in [0.717, 1.165) is 5.69 Å². The topological polar surface area (TPSA) is 103 Å². The maximum absolute atomic E-state index is 12.3. The Hall–Kier alpha value is -3.81. The molecule has 2 aromatic carbocycles. The zero-order chi connectivity index (χ0) is 21.5. The average molecular weight is 406 g/mol. The van der Waals surface area contributed by atoms with Crippen molar-refractivity contribution in [2.75, 3.05) is 11.9 Å². The molecule has 8 heteroatoms. The van der Waals surface area contributed by atoms with Gasteiger partial charge in [-0.05, 0) is 54.4 Å². The van der Waals surface area contributed by atoms with Crippen LogP contribution >= 0.6 is 0 Å². The van der Waals surface area contributed by atoms with Crippen LogP contribution in [0.3, 0.4) is 0 Å². The van der Waals surface area contributed by atoms with Crippen molar-refractivity contribution < 1.29 is 19.1 Å². The molecule has 0 unspecified atom stereocenters. The third-order valence-electron chi connectivity index (χ3n) is 4.20. The summed E-state index contributed by atoms with van der Waals surface area (Å²) in [6, 6.07) is 13.1. The van der Waals surface area contributed by atoms with Crippen molar-refractivity contribution in [3.8, 4) is 5.69 Å². The molecule has 0 radical (unpaired) electrons. The van der Waals surface area contributed by atoms with Gasteiger partial charge in [-0.2, -0.15) is 5.10 Å². The summed E-state index contributed by atoms with van der Waals surface area (Å²) >= 11 is 0. The van der Waals surface area contributed by atoms with Crippen molar-refractivity contribution in [1.29, 1.82) is 0 Å². The first-order valence-corrected chi connectivity index (χ1v) is 9.47. The second kappa shape index (κ2) is 9.60. The van der Waals surface area contributed by atoms with E-state index in [4.69, 9.17) is 4.74 Å². The lowest BCUT2D eigenvalue weighted by Gasteiger charge is -2.08. The normalized spacial score (nSPS) is 10.6. The van der Waals surface area contributed by atoms with Crippen molar-refractivity contribution in [2.45, 2.75) is 20.3 Å². The highest BCUT2D eigenvalue weighted by atomic mass is 16.5. The van der Waals surface area contributed by atoms with E-state index >= 15 is 0 Å². The van der Waals surface area contributed by atoms with E-state index < -0.39 is 5.97 Å². The fourth-order valence-electron chi connectivity index (χ4n) is 2.71. The molecular formula is C22H22N4O4. The van der Waals surface area contributed by atoms with Crippen molar-refractivity contribution in [2.24, 2.45) is 5.92 Å². The van der Waals surface area contributed by atoms with Crippen LogP contribution in [-0.2, 0) is 9.53 Å². The third kappa shape index (κ3) is 5.60. The molecule has 0 aliphatic heterocycles. The number of benzene rings is 2. The number of amides is 1. The Morgan fingerprint density at radius 1 is 1.00 bits per heavy atom. The highest BCUT2D eigenvalue weighted by molar-refractivity contribution is 6.00. The molecule has 0 bridgehead atoms. The molecule has 0 spiro atoms. The Labute approximate surface area is 173 Å². The molecule has 3 aromatic rings. The van der Waals surface area contributed by atoms with Crippen LogP contribution in [0.15, 0.2) is 61.2 Å². The largest absolute Gasteiger partial charge is 0.454 e. The van der Waals surface area contributed by atoms with Crippen molar-refractivity contribution >= 4 is 23.3 Å². The minimum absolute atomic E-state index is 0.0761. The fourth-order valence-corrected chi connectivity index (χ4v) is 2.71. The van der Waals surface area contributed by atoms with Crippen LogP contribution in [0.5, 0.6) is 0 Å². The van der Waals surface area contributed by atoms with E-state index in [1.54, 1.807) is 59.5 Å². The van der Waals surface area contributed by atoms with Gasteiger partial charge >= 0.3 is 5.97 Å². The lowest BCUT2D eigenvalue weighted by atomic mass is 10.1. The number of hydrogen-bond donors (Lipinski definition) is 1. The first kappa shape index (κ1) is 20.9. The van der Waals surface area contributed by atoms with Gasteiger partial charge in [0.25, 0.3) is 0 Å². The minimum atomic E-state index is -0.592. The minimum Gasteiger partial charge on any atom is -0.454 e. The number of carbonyl (C=O) groups is 3. The number of aromatic nitrogens is 3. The number of anilines is 1. The molecule has 1 aromatic heterocycles. The maximum Gasteiger partial charge on any atom is 0.338 e. The zero-order valence-corrected chi connectivity index (χ0v) is 16.7. The van der Waals surface area contributed by atoms with Crippen LogP contribution in [0.1, 0.15) is 41.0 Å². The van der Waals surface area contributed by atoms with Crippen molar-refractivity contribution in [3.63, 3.8) is 0 Å². The fraction of sp³-hybridized carbons (Fsp3) is 0.227. The first-order valence-electron chi connectivity index (χ1n) is 9.47. The van der Waals surface area contributed by atoms with Gasteiger partial charge < -0.3 is 10.1 Å². The maximum atomic E-state index is 12.3. The first-order chi connectivity index (χ1) is 14.4. The van der Waals surface area contributed by atoms with Gasteiger partial charge in [-0.1, -0.05) is 13.8 Å². The Morgan fingerprint density at radius 2 is 1.67 bits per heavy atom. The predicted molar refractivity (Wildman–Crippen MR) is 110 cm³/mol. The SMILES string of the molecule is CC(C)CC(=O)Nc1ccc(C(=O)COC(=O)c2ccc(-n3cncn3)cc2)cc1. The van der Waals surface area contributed by atoms with Gasteiger partial charge in [-0.15, -0.1) is 0 Å². The zero-order valence-electron chi connectivity index (χ0n) is 16.7. The molecule has 0 atom stereocenters. The number of nitrogens with one attached hydrogen (secondary N) is 1. The predicted octanol–water partition coefficient (Wildman–Crippen LogP) is 3.29. The van der Waals surface area contributed by atoms with E-state index in [1.165, 1.54) is 6.33 Å². The van der Waals surface area contributed by atoms with Gasteiger partial charge in [0.1, 0.15) is 12.7 Å². The van der Waals surface area contributed by atoms with Gasteiger partial charge in [-0.3, -0.25) is 9.59 Å². The highest BCUT2D eigenvalue weighted by Crippen LogP contribution is 2.13. The van der Waals surface area contributed by atoms with Crippen LogP contribution in [0.25, 0.3) is 5.69 Å². The number of esters is 1. The van der Waals surface area contributed by atoms with Crippen LogP contribution in [0, 0.1) is 5.92 Å². The van der Waals surface area contributed by atoms with Crippen LogP contribution in [0.2, 0.25) is 0 Å². The molecule has 0 fully saturated rings. The third-order valence-corrected chi connectivity index (χ3v) is 4.20. The monoisotopic (exact) mass is 406 g/mol. The van der Waals surface area contributed by atoms with Gasteiger partial charge in [-0.25, -0.2) is 14.5 Å². The average Bonchev–Trinajstić information content (AvgIpc) is 3.26. The van der Waals surface area contributed by atoms with E-state index in [-0.39, 0.29) is 24.2 Å². The molecule has 0 saturated carbocycles. The number of carbonyl (C=O) groups excluding carboxylic acids is 3. The molecule has 30 heavy (non-hydrogen) atoms. The van der Waals surface area contributed by atoms with Gasteiger partial charge in [0.05, 0.1) is 11.3 Å². The van der Waals surface area contributed by atoms with E-state index in [2.05, 4.69) is 15.4 Å². The summed E-state index contributed by atoms with van der Waals surface area (Å²) in [4.78, 5) is 40.1. The quantitative estimate of drug-likeness (QED) is 0.455. The molecule has 0 aliphatic carbocycles. The molecular weight excluding hydrogens is 384 g/mol. The van der Waals surface area contributed by atoms with Crippen molar-refractivity contribution in [3.05, 3.63) is 72.3 Å². The van der Waals surface area contributed by atoms with Gasteiger partial charge in [0.15, 0.2) is 12.4 Å². The summed E-state index contributed by atoms with van der Waals surface area (Å²) in [6.45, 7) is 3.56. The second-order valence-corrected chi connectivity index (χ2v) is 7.11. The highest BCUT2D eigenvalue weighted by Gasteiger charge is 2.13. The number of ketones is 1. The van der Waals surface area contributed by atoms with Crippen molar-refractivity contribution in [1.82, 2.24) is 14.8 Å². The number of rotatable bonds is 8. The number of nitrogens with zero attached hydrogens (tertiary/aromatic N) is 3. The summed E-state index contributed by atoms with van der Waals surface area (Å²) in [5, 5.41) is 6.79. The number of Topliss-reactive ketones (excluding diaryl/α,β-unsaturated/α-hetero) is 1. The molecule has 1 amide bonds. The Balaban J connectivity index is 1.52. The smallest absolute Gasteiger partial charge is 0.338 e. The Bertz CT molecular complexity index is 1010. The van der Waals surface area contributed by atoms with E-state index in [0.29, 0.717) is 23.2 Å². The second-order valence-electron chi connectivity index (χ2n) is 7.11. The molecule has 0 aliphatic rings. The molecule has 154 valence electrons. The van der Waals surface area contributed by atoms with Gasteiger partial charge in [0, 0.05) is 17.7 Å². The molecule has 8 nitrogen and oxygen atoms in total. The summed E-state index contributed by atoms with van der Waals surface area (Å²) in [5.74, 6) is -0.735. The standard InChI is InChI=1S/C22H22N4O4/c1-15(2)11-21(28)25-18-7-3-16(4-8-18)20(27)12-30-22(29)17-5-9-19(10-6-17)26-14-23-13-24-26/h3-10,13-15H,11-12H2,1-2H3,(H,25,28). The Kier molecular flexibility index (Phi) is 6.69. The summed E-state index contributed by atoms with van der Waals surface area (Å²) in [5.41, 5.74) is 2.09. The Morgan fingerprint density at radius 3 is 2.27 bits per heavy atom. The number of hydrogen-bond acceptors (Lipinski definition) is 6. The van der Waals surface area contributed by atoms with E-state index in [9.17, 15) is 14.4 Å². The molecule has 3 rings (SSSR count). The summed E-state index contributed by atoms with van der Waals surface area (Å²) in [7, 11) is 0. The van der Waals surface area contributed by atoms with Crippen LogP contribution in [-0.4, -0.2) is 39.0 Å². The number of ether oxygens (including phenoxy) is 1. The summed E-state index contributed by atoms with van der Waals surface area (Å²) < 4.78 is 6.68. The summed E-state index contributed by atoms with van der Waals surface area (Å²) in [6.07, 6.45) is 3.39. The molecule has 0 saturated heterocycles. The lowest BCUT2D eigenvalue weighted by molar-refractivity contribution is -0.116.